The lowest BCUT2D eigenvalue weighted by Crippen LogP contribution is -2.18. The van der Waals surface area contributed by atoms with Gasteiger partial charge in [-0.1, -0.05) is 212 Å². The Kier molecular flexibility index (Phi) is 30.2. The normalized spacial score (nSPS) is 11.4. The van der Waals surface area contributed by atoms with E-state index in [0.717, 1.165) is 0 Å². The van der Waals surface area contributed by atoms with Crippen LogP contribution in [0.5, 0.6) is 0 Å². The molecule has 1 aromatic carbocycles. The lowest BCUT2D eigenvalue weighted by Gasteiger charge is -2.19. The van der Waals surface area contributed by atoms with E-state index in [2.05, 4.69) is 50.1 Å². The highest BCUT2D eigenvalue weighted by Gasteiger charge is 2.02. The predicted octanol–water partition coefficient (Wildman–Crippen LogP) is 14.8. The molecule has 0 aliphatic heterocycles. The number of anilines is 1. The van der Waals surface area contributed by atoms with E-state index in [1.54, 1.807) is 0 Å². The molecule has 0 unspecified atom stereocenters. The predicted molar refractivity (Wildman–Crippen MR) is 198 cm³/mol. The maximum atomic E-state index is 2.46. The van der Waals surface area contributed by atoms with E-state index < -0.39 is 0 Å². The molecule has 0 atom stereocenters. The number of hydrogen-bond acceptors (Lipinski definition) is 1. The van der Waals surface area contributed by atoms with Crippen LogP contribution in [0.15, 0.2) is 24.3 Å². The van der Waals surface area contributed by atoms with Gasteiger partial charge in [0.05, 0.1) is 0 Å². The fourth-order valence-electron chi connectivity index (χ4n) is 6.64. The van der Waals surface area contributed by atoms with Gasteiger partial charge < -0.3 is 4.90 Å². The summed E-state index contributed by atoms with van der Waals surface area (Å²) in [4.78, 5) is 2.46. The molecule has 0 heterocycles. The summed E-state index contributed by atoms with van der Waals surface area (Å²) in [5, 5.41) is 0. The van der Waals surface area contributed by atoms with Crippen LogP contribution in [0, 0.1) is 0 Å². The number of unbranched alkanes of at least 4 members (excludes halogenated alkanes) is 29. The molecular weight excluding hydrogens is 518 g/mol. The van der Waals surface area contributed by atoms with Crippen molar-refractivity contribution in [2.24, 2.45) is 0 Å². The van der Waals surface area contributed by atoms with Gasteiger partial charge in [-0.15, -0.1) is 0 Å². The first-order chi connectivity index (χ1) is 21.3. The van der Waals surface area contributed by atoms with Crippen LogP contribution in [0.4, 0.5) is 5.69 Å². The molecule has 0 aromatic heterocycles. The zero-order chi connectivity index (χ0) is 30.9. The minimum absolute atomic E-state index is 1.19. The van der Waals surface area contributed by atoms with E-state index in [9.17, 15) is 0 Å². The third kappa shape index (κ3) is 27.1. The zero-order valence-electron chi connectivity index (χ0n) is 30.1. The molecule has 0 amide bonds. The van der Waals surface area contributed by atoms with Crippen LogP contribution >= 0.6 is 0 Å². The molecule has 0 saturated carbocycles. The van der Waals surface area contributed by atoms with Gasteiger partial charge in [0.25, 0.3) is 0 Å². The molecule has 0 fully saturated rings. The monoisotopic (exact) mass is 598 g/mol. The molecular formula is C42H79N. The Morgan fingerprint density at radius 2 is 0.628 bits per heavy atom. The average molecular weight is 598 g/mol. The zero-order valence-corrected chi connectivity index (χ0v) is 30.1. The molecule has 0 aliphatic rings. The summed E-state index contributed by atoms with van der Waals surface area (Å²) in [5.74, 6) is 0. The summed E-state index contributed by atoms with van der Waals surface area (Å²) in [6, 6.07) is 9.46. The van der Waals surface area contributed by atoms with Crippen LogP contribution in [0.1, 0.15) is 218 Å². The van der Waals surface area contributed by atoms with E-state index in [-0.39, 0.29) is 0 Å². The molecule has 0 spiro atoms. The Balaban J connectivity index is 1.87. The van der Waals surface area contributed by atoms with Gasteiger partial charge in [0, 0.05) is 19.3 Å². The molecule has 1 rings (SSSR count). The molecule has 0 bridgehead atoms. The van der Waals surface area contributed by atoms with Gasteiger partial charge in [-0.25, -0.2) is 0 Å². The molecule has 1 nitrogen and oxygen atoms in total. The number of aryl methyl sites for hydroxylation is 1. The Bertz CT molecular complexity index is 649. The van der Waals surface area contributed by atoms with E-state index in [0.29, 0.717) is 0 Å². The first-order valence-electron chi connectivity index (χ1n) is 20.1. The van der Waals surface area contributed by atoms with Crippen LogP contribution in [-0.2, 0) is 6.42 Å². The molecule has 0 radical (unpaired) electrons. The van der Waals surface area contributed by atoms with Crippen LogP contribution in [0.3, 0.4) is 0 Å². The Morgan fingerprint density at radius 3 is 0.953 bits per heavy atom. The SMILES string of the molecule is CCCCCCCCCCCCCCCCCCCc1ccc(N(C)CCCCCCCCCCCCCCCC)cc1. The summed E-state index contributed by atoms with van der Waals surface area (Å²) < 4.78 is 0. The Morgan fingerprint density at radius 1 is 0.349 bits per heavy atom. The first kappa shape index (κ1) is 40.0. The van der Waals surface area contributed by atoms with Crippen molar-refractivity contribution in [3.63, 3.8) is 0 Å². The lowest BCUT2D eigenvalue weighted by atomic mass is 10.0. The summed E-state index contributed by atoms with van der Waals surface area (Å²) in [7, 11) is 2.27. The maximum Gasteiger partial charge on any atom is 0.0363 e. The largest absolute Gasteiger partial charge is 0.375 e. The first-order valence-corrected chi connectivity index (χ1v) is 20.1. The number of benzene rings is 1. The van der Waals surface area contributed by atoms with Crippen molar-refractivity contribution in [3.8, 4) is 0 Å². The quantitative estimate of drug-likeness (QED) is 0.0714. The Hall–Kier alpha value is -0.980. The van der Waals surface area contributed by atoms with Crippen molar-refractivity contribution in [2.75, 3.05) is 18.5 Å². The van der Waals surface area contributed by atoms with Crippen molar-refractivity contribution >= 4 is 5.69 Å². The molecule has 0 saturated heterocycles. The van der Waals surface area contributed by atoms with Gasteiger partial charge in [0.2, 0.25) is 0 Å². The van der Waals surface area contributed by atoms with Crippen molar-refractivity contribution < 1.29 is 0 Å². The summed E-state index contributed by atoms with van der Waals surface area (Å²) in [6.07, 6.45) is 45.9. The molecule has 0 N–H and O–H groups in total. The smallest absolute Gasteiger partial charge is 0.0363 e. The fourth-order valence-corrected chi connectivity index (χ4v) is 6.64. The van der Waals surface area contributed by atoms with Crippen molar-refractivity contribution in [3.05, 3.63) is 29.8 Å². The van der Waals surface area contributed by atoms with Gasteiger partial charge in [-0.2, -0.15) is 0 Å². The molecule has 0 aliphatic carbocycles. The third-order valence-corrected chi connectivity index (χ3v) is 9.79. The van der Waals surface area contributed by atoms with Gasteiger partial charge in [0.1, 0.15) is 0 Å². The van der Waals surface area contributed by atoms with Crippen molar-refractivity contribution in [2.45, 2.75) is 219 Å². The highest BCUT2D eigenvalue weighted by atomic mass is 15.1. The molecule has 252 valence electrons. The van der Waals surface area contributed by atoms with Crippen LogP contribution in [0.25, 0.3) is 0 Å². The van der Waals surface area contributed by atoms with E-state index in [4.69, 9.17) is 0 Å². The highest BCUT2D eigenvalue weighted by molar-refractivity contribution is 5.46. The summed E-state index contributed by atoms with van der Waals surface area (Å²) >= 11 is 0. The highest BCUT2D eigenvalue weighted by Crippen LogP contribution is 2.19. The minimum Gasteiger partial charge on any atom is -0.375 e. The molecule has 43 heavy (non-hydrogen) atoms. The van der Waals surface area contributed by atoms with E-state index >= 15 is 0 Å². The van der Waals surface area contributed by atoms with Gasteiger partial charge >= 0.3 is 0 Å². The maximum absolute atomic E-state index is 2.46. The minimum atomic E-state index is 1.19. The van der Waals surface area contributed by atoms with Crippen LogP contribution in [-0.4, -0.2) is 13.6 Å². The van der Waals surface area contributed by atoms with Gasteiger partial charge in [0.15, 0.2) is 0 Å². The third-order valence-electron chi connectivity index (χ3n) is 9.79. The second kappa shape index (κ2) is 32.4. The second-order valence-corrected chi connectivity index (χ2v) is 14.1. The van der Waals surface area contributed by atoms with Gasteiger partial charge in [-0.3, -0.25) is 0 Å². The lowest BCUT2D eigenvalue weighted by molar-refractivity contribution is 0.527. The van der Waals surface area contributed by atoms with Gasteiger partial charge in [-0.05, 0) is 37.0 Å². The molecule has 1 heteroatoms. The topological polar surface area (TPSA) is 3.24 Å². The fraction of sp³-hybridized carbons (Fsp3) is 0.857. The van der Waals surface area contributed by atoms with Crippen molar-refractivity contribution in [1.29, 1.82) is 0 Å². The second-order valence-electron chi connectivity index (χ2n) is 14.1. The standard InChI is InChI=1S/C42H79N/c1-4-6-8-10-12-14-16-18-20-21-22-23-25-27-29-31-33-35-41-36-38-42(39-37-41)43(3)40-34-32-30-28-26-24-19-17-15-13-11-9-7-5-2/h36-39H,4-35,40H2,1-3H3. The average Bonchev–Trinajstić information content (AvgIpc) is 3.03. The number of nitrogens with zero attached hydrogens (tertiary/aromatic N) is 1. The number of rotatable bonds is 34. The van der Waals surface area contributed by atoms with Crippen molar-refractivity contribution in [1.82, 2.24) is 0 Å². The summed E-state index contributed by atoms with van der Waals surface area (Å²) in [5.41, 5.74) is 2.91. The van der Waals surface area contributed by atoms with Crippen LogP contribution < -0.4 is 4.90 Å². The number of hydrogen-bond donors (Lipinski definition) is 0. The van der Waals surface area contributed by atoms with E-state index in [1.807, 2.05) is 0 Å². The van der Waals surface area contributed by atoms with Crippen LogP contribution in [0.2, 0.25) is 0 Å². The molecule has 1 aromatic rings. The summed E-state index contributed by atoms with van der Waals surface area (Å²) in [6.45, 7) is 5.80. The van der Waals surface area contributed by atoms with E-state index in [1.165, 1.54) is 223 Å². The Labute approximate surface area is 272 Å².